The smallest absolute Gasteiger partial charge is 0.433 e. The minimum Gasteiger partial charge on any atom is -0.481 e. The standard InChI is InChI=1S/C8H7BrF3NO/c1-14-6-3-2-5(4-9)7(13-6)8(10,11)12/h2-3H,4H2,1H3. The number of hydrogen-bond donors (Lipinski definition) is 0. The molecule has 1 heterocycles. The van der Waals surface area contributed by atoms with Crippen molar-refractivity contribution >= 4 is 15.9 Å². The van der Waals surface area contributed by atoms with Gasteiger partial charge in [0.1, 0.15) is 0 Å². The zero-order chi connectivity index (χ0) is 10.8. The van der Waals surface area contributed by atoms with Crippen molar-refractivity contribution in [3.63, 3.8) is 0 Å². The van der Waals surface area contributed by atoms with Gasteiger partial charge in [-0.2, -0.15) is 13.2 Å². The van der Waals surface area contributed by atoms with Crippen LogP contribution in [0.1, 0.15) is 11.3 Å². The lowest BCUT2D eigenvalue weighted by Gasteiger charge is -2.10. The minimum atomic E-state index is -4.45. The highest BCUT2D eigenvalue weighted by Gasteiger charge is 2.35. The fourth-order valence-electron chi connectivity index (χ4n) is 0.937. The van der Waals surface area contributed by atoms with E-state index in [0.717, 1.165) is 0 Å². The van der Waals surface area contributed by atoms with E-state index in [1.807, 2.05) is 0 Å². The van der Waals surface area contributed by atoms with Crippen LogP contribution in [0.5, 0.6) is 5.88 Å². The SMILES string of the molecule is COc1ccc(CBr)c(C(F)(F)F)n1. The number of rotatable bonds is 2. The Labute approximate surface area is 87.2 Å². The van der Waals surface area contributed by atoms with Crippen molar-refractivity contribution < 1.29 is 17.9 Å². The Kier molecular flexibility index (Phi) is 3.36. The number of nitrogens with zero attached hydrogens (tertiary/aromatic N) is 1. The van der Waals surface area contributed by atoms with E-state index < -0.39 is 11.9 Å². The van der Waals surface area contributed by atoms with Crippen LogP contribution in [-0.2, 0) is 11.5 Å². The van der Waals surface area contributed by atoms with Crippen LogP contribution < -0.4 is 4.74 Å². The van der Waals surface area contributed by atoms with Crippen LogP contribution in [0, 0.1) is 0 Å². The molecular formula is C8H7BrF3NO. The lowest BCUT2D eigenvalue weighted by atomic mass is 10.2. The van der Waals surface area contributed by atoms with Gasteiger partial charge in [0, 0.05) is 11.4 Å². The number of alkyl halides is 4. The first-order chi connectivity index (χ1) is 6.49. The first-order valence-corrected chi connectivity index (χ1v) is 4.78. The number of hydrogen-bond acceptors (Lipinski definition) is 2. The van der Waals surface area contributed by atoms with Crippen LogP contribution in [0.3, 0.4) is 0 Å². The highest BCUT2D eigenvalue weighted by molar-refractivity contribution is 9.08. The Morgan fingerprint density at radius 2 is 2.07 bits per heavy atom. The Balaban J connectivity index is 3.22. The van der Waals surface area contributed by atoms with E-state index in [-0.39, 0.29) is 16.8 Å². The Morgan fingerprint density at radius 3 is 2.50 bits per heavy atom. The number of halogens is 4. The minimum absolute atomic E-state index is 0.0398. The van der Waals surface area contributed by atoms with Crippen LogP contribution in [0.4, 0.5) is 13.2 Å². The summed E-state index contributed by atoms with van der Waals surface area (Å²) in [5.74, 6) is -0.0398. The molecule has 0 unspecified atom stereocenters. The zero-order valence-electron chi connectivity index (χ0n) is 7.23. The molecule has 1 aromatic heterocycles. The fourth-order valence-corrected chi connectivity index (χ4v) is 1.39. The van der Waals surface area contributed by atoms with Crippen molar-refractivity contribution in [2.45, 2.75) is 11.5 Å². The van der Waals surface area contributed by atoms with Gasteiger partial charge in [-0.05, 0) is 5.56 Å². The second-order valence-corrected chi connectivity index (χ2v) is 3.05. The molecule has 0 aromatic carbocycles. The number of aromatic nitrogens is 1. The van der Waals surface area contributed by atoms with Gasteiger partial charge in [0.2, 0.25) is 5.88 Å². The number of pyridine rings is 1. The first kappa shape index (κ1) is 11.3. The van der Waals surface area contributed by atoms with Crippen molar-refractivity contribution in [3.05, 3.63) is 23.4 Å². The van der Waals surface area contributed by atoms with Gasteiger partial charge in [-0.25, -0.2) is 4.98 Å². The van der Waals surface area contributed by atoms with E-state index in [4.69, 9.17) is 0 Å². The summed E-state index contributed by atoms with van der Waals surface area (Å²) in [4.78, 5) is 3.36. The third kappa shape index (κ3) is 2.37. The van der Waals surface area contributed by atoms with Crippen molar-refractivity contribution in [3.8, 4) is 5.88 Å². The quantitative estimate of drug-likeness (QED) is 0.771. The van der Waals surface area contributed by atoms with Gasteiger partial charge in [0.05, 0.1) is 7.11 Å². The molecule has 0 atom stereocenters. The van der Waals surface area contributed by atoms with Gasteiger partial charge in [0.15, 0.2) is 5.69 Å². The number of ether oxygens (including phenoxy) is 1. The monoisotopic (exact) mass is 269 g/mol. The summed E-state index contributed by atoms with van der Waals surface area (Å²) in [6.45, 7) is 0. The summed E-state index contributed by atoms with van der Waals surface area (Å²) in [5.41, 5.74) is -0.813. The molecule has 14 heavy (non-hydrogen) atoms. The average Bonchev–Trinajstić information content (AvgIpc) is 2.15. The molecule has 78 valence electrons. The maximum atomic E-state index is 12.4. The van der Waals surface area contributed by atoms with Crippen LogP contribution in [0.25, 0.3) is 0 Å². The van der Waals surface area contributed by atoms with Gasteiger partial charge in [-0.3, -0.25) is 0 Å². The fraction of sp³-hybridized carbons (Fsp3) is 0.375. The highest BCUT2D eigenvalue weighted by atomic mass is 79.9. The van der Waals surface area contributed by atoms with E-state index in [0.29, 0.717) is 0 Å². The second-order valence-electron chi connectivity index (χ2n) is 2.49. The van der Waals surface area contributed by atoms with Crippen LogP contribution in [0.2, 0.25) is 0 Å². The van der Waals surface area contributed by atoms with Gasteiger partial charge in [0.25, 0.3) is 0 Å². The topological polar surface area (TPSA) is 22.1 Å². The maximum Gasteiger partial charge on any atom is 0.433 e. The first-order valence-electron chi connectivity index (χ1n) is 3.66. The van der Waals surface area contributed by atoms with E-state index in [2.05, 4.69) is 25.7 Å². The van der Waals surface area contributed by atoms with Gasteiger partial charge in [-0.15, -0.1) is 0 Å². The summed E-state index contributed by atoms with van der Waals surface area (Å²) in [5, 5.41) is 0.110. The molecule has 0 fully saturated rings. The molecule has 0 amide bonds. The largest absolute Gasteiger partial charge is 0.481 e. The molecule has 0 aliphatic heterocycles. The molecule has 0 bridgehead atoms. The lowest BCUT2D eigenvalue weighted by molar-refractivity contribution is -0.141. The molecule has 0 radical (unpaired) electrons. The second kappa shape index (κ2) is 4.16. The maximum absolute atomic E-state index is 12.4. The van der Waals surface area contributed by atoms with E-state index in [1.165, 1.54) is 19.2 Å². The van der Waals surface area contributed by atoms with Crippen molar-refractivity contribution in [2.75, 3.05) is 7.11 Å². The van der Waals surface area contributed by atoms with Crippen LogP contribution in [0.15, 0.2) is 12.1 Å². The predicted molar refractivity (Wildman–Crippen MR) is 48.4 cm³/mol. The third-order valence-electron chi connectivity index (χ3n) is 1.57. The zero-order valence-corrected chi connectivity index (χ0v) is 8.82. The van der Waals surface area contributed by atoms with E-state index in [9.17, 15) is 13.2 Å². The lowest BCUT2D eigenvalue weighted by Crippen LogP contribution is -2.11. The Morgan fingerprint density at radius 1 is 1.43 bits per heavy atom. The normalized spacial score (nSPS) is 11.5. The van der Waals surface area contributed by atoms with Crippen LogP contribution >= 0.6 is 15.9 Å². The average molecular weight is 270 g/mol. The number of methoxy groups -OCH3 is 1. The van der Waals surface area contributed by atoms with Crippen molar-refractivity contribution in [1.29, 1.82) is 0 Å². The van der Waals surface area contributed by atoms with Crippen molar-refractivity contribution in [2.24, 2.45) is 0 Å². The molecule has 1 rings (SSSR count). The third-order valence-corrected chi connectivity index (χ3v) is 2.18. The summed E-state index contributed by atoms with van der Waals surface area (Å²) in [7, 11) is 1.27. The molecule has 0 aliphatic rings. The molecule has 0 aliphatic carbocycles. The van der Waals surface area contributed by atoms with Gasteiger partial charge >= 0.3 is 6.18 Å². The summed E-state index contributed by atoms with van der Waals surface area (Å²) in [6.07, 6.45) is -4.45. The van der Waals surface area contributed by atoms with E-state index >= 15 is 0 Å². The molecule has 0 N–H and O–H groups in total. The summed E-state index contributed by atoms with van der Waals surface area (Å²) in [6, 6.07) is 2.73. The van der Waals surface area contributed by atoms with Gasteiger partial charge in [-0.1, -0.05) is 22.0 Å². The van der Waals surface area contributed by atoms with Crippen molar-refractivity contribution in [1.82, 2.24) is 4.98 Å². The molecule has 0 saturated heterocycles. The molecule has 6 heteroatoms. The molecular weight excluding hydrogens is 263 g/mol. The molecule has 2 nitrogen and oxygen atoms in total. The van der Waals surface area contributed by atoms with Crippen LogP contribution in [-0.4, -0.2) is 12.1 Å². The summed E-state index contributed by atoms with van der Waals surface area (Å²) < 4.78 is 41.9. The molecule has 1 aromatic rings. The predicted octanol–water partition coefficient (Wildman–Crippen LogP) is 3.00. The molecule has 0 saturated carbocycles. The van der Waals surface area contributed by atoms with Gasteiger partial charge < -0.3 is 4.74 Å². The Bertz CT molecular complexity index is 327. The molecule has 0 spiro atoms. The van der Waals surface area contributed by atoms with E-state index in [1.54, 1.807) is 0 Å². The Hall–Kier alpha value is -0.780. The highest BCUT2D eigenvalue weighted by Crippen LogP contribution is 2.32. The summed E-state index contributed by atoms with van der Waals surface area (Å²) >= 11 is 2.97.